The van der Waals surface area contributed by atoms with Crippen molar-refractivity contribution in [3.63, 3.8) is 0 Å². The summed E-state index contributed by atoms with van der Waals surface area (Å²) in [5.74, 6) is -1.42. The first kappa shape index (κ1) is 31.1. The molecule has 2 aliphatic heterocycles. The van der Waals surface area contributed by atoms with Crippen LogP contribution in [0.15, 0.2) is 72.8 Å². The number of hydrogen-bond acceptors (Lipinski definition) is 9. The molecule has 1 amide bonds. The van der Waals surface area contributed by atoms with Crippen LogP contribution in [0, 0.1) is 10.1 Å². The molecule has 232 valence electrons. The lowest BCUT2D eigenvalue weighted by atomic mass is 9.99. The van der Waals surface area contributed by atoms with Gasteiger partial charge in [0.25, 0.3) is 5.69 Å². The van der Waals surface area contributed by atoms with E-state index in [4.69, 9.17) is 14.6 Å². The minimum atomic E-state index is -1.03. The number of rotatable bonds is 11. The largest absolute Gasteiger partial charge is 0.481 e. The Morgan fingerprint density at radius 2 is 1.66 bits per heavy atom. The lowest BCUT2D eigenvalue weighted by molar-refractivity contribution is -0.384. The van der Waals surface area contributed by atoms with Crippen LogP contribution in [-0.2, 0) is 25.7 Å². The summed E-state index contributed by atoms with van der Waals surface area (Å²) >= 11 is 0. The Kier molecular flexibility index (Phi) is 10.2. The van der Waals surface area contributed by atoms with Gasteiger partial charge in [-0.1, -0.05) is 36.4 Å². The highest BCUT2D eigenvalue weighted by molar-refractivity contribution is 5.92. The number of benzene rings is 3. The number of nitrogens with one attached hydrogen (secondary N) is 1. The summed E-state index contributed by atoms with van der Waals surface area (Å²) in [6.45, 7) is 3.80. The Balaban J connectivity index is 1.26. The van der Waals surface area contributed by atoms with E-state index in [1.807, 2.05) is 30.3 Å². The third kappa shape index (κ3) is 8.17. The van der Waals surface area contributed by atoms with Gasteiger partial charge in [-0.2, -0.15) is 0 Å². The summed E-state index contributed by atoms with van der Waals surface area (Å²) in [5.41, 5.74) is 4.07. The van der Waals surface area contributed by atoms with E-state index in [-0.39, 0.29) is 43.3 Å². The van der Waals surface area contributed by atoms with E-state index in [9.17, 15) is 24.8 Å². The number of anilines is 2. The Morgan fingerprint density at radius 1 is 0.932 bits per heavy atom. The van der Waals surface area contributed by atoms with E-state index in [1.54, 1.807) is 30.3 Å². The number of non-ortho nitro benzene ring substituents is 1. The Bertz CT molecular complexity index is 1440. The zero-order valence-corrected chi connectivity index (χ0v) is 24.2. The Labute approximate surface area is 255 Å². The number of nitrogens with zero attached hydrogens (tertiary/aromatic N) is 3. The predicted octanol–water partition coefficient (Wildman–Crippen LogP) is 4.26. The number of aliphatic carboxylic acids is 1. The normalized spacial score (nSPS) is 20.7. The number of ether oxygens (including phenoxy) is 2. The highest BCUT2D eigenvalue weighted by Crippen LogP contribution is 2.39. The molecule has 5 rings (SSSR count). The van der Waals surface area contributed by atoms with Gasteiger partial charge in [-0.05, 0) is 35.4 Å². The molecule has 2 saturated heterocycles. The molecule has 2 aliphatic rings. The molecule has 3 atom stereocenters. The number of carboxylic acid groups (broad SMARTS) is 1. The van der Waals surface area contributed by atoms with Gasteiger partial charge < -0.3 is 29.9 Å². The van der Waals surface area contributed by atoms with Crippen molar-refractivity contribution in [3.05, 3.63) is 99.6 Å². The number of carboxylic acids is 1. The van der Waals surface area contributed by atoms with Gasteiger partial charge in [-0.25, -0.2) is 0 Å². The molecule has 44 heavy (non-hydrogen) atoms. The van der Waals surface area contributed by atoms with Crippen molar-refractivity contribution >= 4 is 28.9 Å². The summed E-state index contributed by atoms with van der Waals surface area (Å²) in [5, 5.41) is 32.1. The Morgan fingerprint density at radius 3 is 2.32 bits per heavy atom. The number of aliphatic hydroxyl groups excluding tert-OH is 1. The number of carbonyl (C=O) groups excluding carboxylic acids is 1. The van der Waals surface area contributed by atoms with Crippen LogP contribution in [0.4, 0.5) is 17.1 Å². The first-order valence-corrected chi connectivity index (χ1v) is 14.6. The van der Waals surface area contributed by atoms with Gasteiger partial charge in [0.2, 0.25) is 5.91 Å². The molecule has 3 unspecified atom stereocenters. The zero-order valence-electron chi connectivity index (χ0n) is 24.2. The van der Waals surface area contributed by atoms with Crippen LogP contribution in [-0.4, -0.2) is 70.7 Å². The number of nitro groups is 1. The fourth-order valence-corrected chi connectivity index (χ4v) is 5.50. The van der Waals surface area contributed by atoms with Gasteiger partial charge in [0.1, 0.15) is 0 Å². The third-order valence-corrected chi connectivity index (χ3v) is 7.88. The van der Waals surface area contributed by atoms with Gasteiger partial charge in [-0.3, -0.25) is 24.6 Å². The second-order valence-electron chi connectivity index (χ2n) is 11.0. The smallest absolute Gasteiger partial charge is 0.303 e. The molecule has 12 nitrogen and oxygen atoms in total. The molecule has 0 radical (unpaired) electrons. The molecule has 12 heteroatoms. The molecule has 0 aromatic heterocycles. The van der Waals surface area contributed by atoms with Crippen molar-refractivity contribution in [1.29, 1.82) is 0 Å². The van der Waals surface area contributed by atoms with Gasteiger partial charge >= 0.3 is 5.97 Å². The van der Waals surface area contributed by atoms with Crippen molar-refractivity contribution in [3.8, 4) is 0 Å². The summed E-state index contributed by atoms with van der Waals surface area (Å²) in [6, 6.07) is 21.5. The second-order valence-corrected chi connectivity index (χ2v) is 11.0. The molecule has 3 aromatic carbocycles. The molecule has 0 saturated carbocycles. The first-order valence-electron chi connectivity index (χ1n) is 14.6. The van der Waals surface area contributed by atoms with Crippen LogP contribution in [0.5, 0.6) is 0 Å². The summed E-state index contributed by atoms with van der Waals surface area (Å²) in [4.78, 5) is 38.2. The highest BCUT2D eigenvalue weighted by atomic mass is 16.7. The fourth-order valence-electron chi connectivity index (χ4n) is 5.50. The van der Waals surface area contributed by atoms with Crippen LogP contribution >= 0.6 is 0 Å². The molecule has 3 N–H and O–H groups in total. The molecule has 0 spiro atoms. The van der Waals surface area contributed by atoms with Crippen molar-refractivity contribution < 1.29 is 34.2 Å². The number of piperazine rings is 1. The van der Waals surface area contributed by atoms with Crippen molar-refractivity contribution in [2.24, 2.45) is 0 Å². The van der Waals surface area contributed by atoms with E-state index < -0.39 is 17.2 Å². The molecular formula is C32H36N4O8. The summed E-state index contributed by atoms with van der Waals surface area (Å²) in [7, 11) is 0. The molecule has 0 aliphatic carbocycles. The average molecular weight is 605 g/mol. The van der Waals surface area contributed by atoms with Gasteiger partial charge in [0, 0.05) is 74.6 Å². The molecular weight excluding hydrogens is 568 g/mol. The van der Waals surface area contributed by atoms with Crippen molar-refractivity contribution in [2.45, 2.75) is 44.4 Å². The van der Waals surface area contributed by atoms with E-state index in [0.717, 1.165) is 48.6 Å². The maximum absolute atomic E-state index is 12.2. The molecule has 2 fully saturated rings. The zero-order chi connectivity index (χ0) is 31.1. The van der Waals surface area contributed by atoms with Gasteiger partial charge in [-0.15, -0.1) is 0 Å². The van der Waals surface area contributed by atoms with Gasteiger partial charge in [0.15, 0.2) is 6.29 Å². The van der Waals surface area contributed by atoms with Gasteiger partial charge in [0.05, 0.1) is 30.2 Å². The fraction of sp³-hybridized carbons (Fsp3) is 0.375. The van der Waals surface area contributed by atoms with E-state index in [2.05, 4.69) is 15.1 Å². The SMILES string of the molecule is O=C(O)CCC(=O)Nc1cccc(C2OC(CN3CCN(c4ccc([N+](=O)[O-])cc4)CC3)CC(c3ccc(CO)cc3)O2)c1. The molecule has 2 heterocycles. The van der Waals surface area contributed by atoms with Crippen LogP contribution in [0.3, 0.4) is 0 Å². The van der Waals surface area contributed by atoms with E-state index in [1.165, 1.54) is 12.1 Å². The summed E-state index contributed by atoms with van der Waals surface area (Å²) < 4.78 is 12.9. The monoisotopic (exact) mass is 604 g/mol. The first-order chi connectivity index (χ1) is 21.3. The van der Waals surface area contributed by atoms with Crippen LogP contribution in [0.25, 0.3) is 0 Å². The van der Waals surface area contributed by atoms with Crippen LogP contribution < -0.4 is 10.2 Å². The number of nitro benzene ring substituents is 1. The van der Waals surface area contributed by atoms with E-state index >= 15 is 0 Å². The Hall–Kier alpha value is -4.36. The van der Waals surface area contributed by atoms with Crippen molar-refractivity contribution in [2.75, 3.05) is 42.9 Å². The number of aliphatic hydroxyl groups is 1. The minimum absolute atomic E-state index is 0.0446. The molecule has 0 bridgehead atoms. The lowest BCUT2D eigenvalue weighted by Gasteiger charge is -2.41. The van der Waals surface area contributed by atoms with Crippen LogP contribution in [0.2, 0.25) is 0 Å². The number of hydrogen-bond donors (Lipinski definition) is 3. The number of carbonyl (C=O) groups is 2. The lowest BCUT2D eigenvalue weighted by Crippen LogP contribution is -2.49. The van der Waals surface area contributed by atoms with E-state index in [0.29, 0.717) is 18.7 Å². The number of amides is 1. The van der Waals surface area contributed by atoms with Crippen LogP contribution in [0.1, 0.15) is 48.3 Å². The molecule has 3 aromatic rings. The third-order valence-electron chi connectivity index (χ3n) is 7.88. The minimum Gasteiger partial charge on any atom is -0.481 e. The highest BCUT2D eigenvalue weighted by Gasteiger charge is 2.34. The maximum Gasteiger partial charge on any atom is 0.303 e. The predicted molar refractivity (Wildman–Crippen MR) is 162 cm³/mol. The maximum atomic E-state index is 12.2. The topological polar surface area (TPSA) is 155 Å². The standard InChI is InChI=1S/C32H36N4O8/c37-21-22-4-6-23(7-5-22)29-19-28(20-34-14-16-35(17-15-34)26-8-10-27(11-9-26)36(41)42)43-32(44-29)24-2-1-3-25(18-24)33-30(38)12-13-31(39)40/h1-11,18,28-29,32,37H,12-17,19-21H2,(H,33,38)(H,39,40). The second kappa shape index (κ2) is 14.4. The van der Waals surface area contributed by atoms with Crippen molar-refractivity contribution in [1.82, 2.24) is 4.90 Å². The average Bonchev–Trinajstić information content (AvgIpc) is 3.04. The summed E-state index contributed by atoms with van der Waals surface area (Å²) in [6.07, 6.45) is -0.864. The quantitative estimate of drug-likeness (QED) is 0.214.